The van der Waals surface area contributed by atoms with Gasteiger partial charge in [0.2, 0.25) is 0 Å². The summed E-state index contributed by atoms with van der Waals surface area (Å²) in [4.78, 5) is 0. The Bertz CT molecular complexity index is 415. The van der Waals surface area contributed by atoms with Gasteiger partial charge in [0, 0.05) is 5.25 Å². The molecule has 0 aromatic rings. The molecule has 28 heavy (non-hydrogen) atoms. The Morgan fingerprint density at radius 2 is 1.07 bits per heavy atom. The second-order valence-corrected chi connectivity index (χ2v) is 9.82. The van der Waals surface area contributed by atoms with Crippen LogP contribution in [0.4, 0.5) is 0 Å². The van der Waals surface area contributed by atoms with E-state index >= 15 is 0 Å². The van der Waals surface area contributed by atoms with E-state index in [1.165, 1.54) is 64.2 Å². The van der Waals surface area contributed by atoms with E-state index in [2.05, 4.69) is 6.92 Å². The molecule has 0 aliphatic heterocycles. The van der Waals surface area contributed by atoms with Crippen molar-refractivity contribution in [1.29, 1.82) is 0 Å². The predicted molar refractivity (Wildman–Crippen MR) is 114 cm³/mol. The molecule has 0 aliphatic rings. The Kier molecular flexibility index (Phi) is 23.4. The number of aliphatic hydroxyl groups is 1. The zero-order valence-corrected chi connectivity index (χ0v) is 21.8. The molecule has 0 aliphatic carbocycles. The van der Waals surface area contributed by atoms with E-state index in [1.54, 1.807) is 0 Å². The number of unbranched alkanes of at least 4 members (excludes halogenated alkanes) is 12. The SMILES string of the molecule is CCCCCCCCCCCCCCCC(CCC(O)CCC)S(=O)(=O)[O-].[Na+]. The van der Waals surface area contributed by atoms with Gasteiger partial charge in [0.25, 0.3) is 0 Å². The van der Waals surface area contributed by atoms with Crippen molar-refractivity contribution in [2.75, 3.05) is 0 Å². The van der Waals surface area contributed by atoms with Gasteiger partial charge >= 0.3 is 29.6 Å². The molecule has 164 valence electrons. The molecule has 0 fully saturated rings. The summed E-state index contributed by atoms with van der Waals surface area (Å²) in [5.41, 5.74) is 0. The summed E-state index contributed by atoms with van der Waals surface area (Å²) in [6, 6.07) is 0. The van der Waals surface area contributed by atoms with Crippen molar-refractivity contribution in [2.45, 2.75) is 141 Å². The first-order valence-corrected chi connectivity index (χ1v) is 13.0. The molecule has 0 saturated heterocycles. The maximum Gasteiger partial charge on any atom is 1.00 e. The van der Waals surface area contributed by atoms with Gasteiger partial charge in [-0.15, -0.1) is 0 Å². The molecule has 0 spiro atoms. The van der Waals surface area contributed by atoms with E-state index in [9.17, 15) is 18.1 Å². The molecular formula is C22H45NaO4S. The molecule has 0 amide bonds. The Balaban J connectivity index is 0. The van der Waals surface area contributed by atoms with Crippen LogP contribution >= 0.6 is 0 Å². The second-order valence-electron chi connectivity index (χ2n) is 8.17. The van der Waals surface area contributed by atoms with Gasteiger partial charge in [0.15, 0.2) is 0 Å². The minimum atomic E-state index is -4.25. The third-order valence-electron chi connectivity index (χ3n) is 5.48. The van der Waals surface area contributed by atoms with Crippen LogP contribution in [0.25, 0.3) is 0 Å². The molecule has 6 heteroatoms. The van der Waals surface area contributed by atoms with E-state index < -0.39 is 21.5 Å². The monoisotopic (exact) mass is 428 g/mol. The van der Waals surface area contributed by atoms with Gasteiger partial charge in [0.1, 0.15) is 0 Å². The molecule has 0 saturated carbocycles. The van der Waals surface area contributed by atoms with Crippen molar-refractivity contribution >= 4 is 10.1 Å². The first-order chi connectivity index (χ1) is 12.9. The van der Waals surface area contributed by atoms with Crippen molar-refractivity contribution < 1.29 is 47.6 Å². The number of hydrogen-bond donors (Lipinski definition) is 1. The van der Waals surface area contributed by atoms with Gasteiger partial charge in [0.05, 0.1) is 16.2 Å². The molecule has 2 atom stereocenters. The third kappa shape index (κ3) is 20.2. The standard InChI is InChI=1S/C22H46O4S.Na/c1-3-5-6-7-8-9-10-11-12-13-14-15-16-18-22(27(24,25)26)20-19-21(23)17-4-2;/h21-23H,3-20H2,1-2H3,(H,24,25,26);/q;+1/p-1. The zero-order valence-electron chi connectivity index (χ0n) is 19.0. The largest absolute Gasteiger partial charge is 1.00 e. The van der Waals surface area contributed by atoms with Gasteiger partial charge < -0.3 is 9.66 Å². The first-order valence-electron chi connectivity index (χ1n) is 11.5. The second kappa shape index (κ2) is 21.1. The van der Waals surface area contributed by atoms with E-state index in [1.807, 2.05) is 6.92 Å². The molecule has 0 heterocycles. The summed E-state index contributed by atoms with van der Waals surface area (Å²) in [5, 5.41) is 8.93. The summed E-state index contributed by atoms with van der Waals surface area (Å²) in [6.45, 7) is 4.23. The van der Waals surface area contributed by atoms with Crippen molar-refractivity contribution in [3.05, 3.63) is 0 Å². The van der Waals surface area contributed by atoms with Gasteiger partial charge in [-0.25, -0.2) is 8.42 Å². The summed E-state index contributed by atoms with van der Waals surface area (Å²) in [6.07, 6.45) is 18.4. The van der Waals surface area contributed by atoms with Crippen LogP contribution in [0.3, 0.4) is 0 Å². The fraction of sp³-hybridized carbons (Fsp3) is 1.00. The third-order valence-corrected chi connectivity index (χ3v) is 6.77. The van der Waals surface area contributed by atoms with Crippen LogP contribution < -0.4 is 29.6 Å². The molecule has 0 aromatic carbocycles. The zero-order chi connectivity index (χ0) is 20.4. The maximum atomic E-state index is 11.4. The maximum absolute atomic E-state index is 11.4. The molecule has 4 nitrogen and oxygen atoms in total. The number of aliphatic hydroxyl groups excluding tert-OH is 1. The van der Waals surface area contributed by atoms with Gasteiger partial charge in [-0.3, -0.25) is 0 Å². The Hall–Kier alpha value is 0.870. The smallest absolute Gasteiger partial charge is 0.748 e. The minimum Gasteiger partial charge on any atom is -0.748 e. The molecular weight excluding hydrogens is 383 g/mol. The van der Waals surface area contributed by atoms with Gasteiger partial charge in [-0.05, 0) is 25.7 Å². The molecule has 1 N–H and O–H groups in total. The minimum absolute atomic E-state index is 0. The predicted octanol–water partition coefficient (Wildman–Crippen LogP) is 3.33. The molecule has 2 unspecified atom stereocenters. The Labute approximate surface area is 197 Å². The van der Waals surface area contributed by atoms with Crippen LogP contribution in [-0.2, 0) is 10.1 Å². The fourth-order valence-corrected chi connectivity index (χ4v) is 4.56. The van der Waals surface area contributed by atoms with Crippen molar-refractivity contribution in [1.82, 2.24) is 0 Å². The number of hydrogen-bond acceptors (Lipinski definition) is 4. The molecule has 0 aromatic heterocycles. The van der Waals surface area contributed by atoms with Crippen LogP contribution in [0.1, 0.15) is 129 Å². The summed E-state index contributed by atoms with van der Waals surface area (Å²) in [5.74, 6) is 0. The summed E-state index contributed by atoms with van der Waals surface area (Å²) >= 11 is 0. The van der Waals surface area contributed by atoms with E-state index in [4.69, 9.17) is 0 Å². The van der Waals surface area contributed by atoms with Crippen molar-refractivity contribution in [3.63, 3.8) is 0 Å². The average molecular weight is 429 g/mol. The van der Waals surface area contributed by atoms with Crippen molar-refractivity contribution in [3.8, 4) is 0 Å². The van der Waals surface area contributed by atoms with Crippen LogP contribution in [0.15, 0.2) is 0 Å². The van der Waals surface area contributed by atoms with Crippen LogP contribution in [-0.4, -0.2) is 29.4 Å². The van der Waals surface area contributed by atoms with Crippen molar-refractivity contribution in [2.24, 2.45) is 0 Å². The van der Waals surface area contributed by atoms with E-state index in [-0.39, 0.29) is 29.6 Å². The molecule has 0 rings (SSSR count). The number of rotatable bonds is 20. The quantitative estimate of drug-likeness (QED) is 0.183. The normalized spacial score (nSPS) is 13.9. The van der Waals surface area contributed by atoms with E-state index in [0.29, 0.717) is 25.7 Å². The van der Waals surface area contributed by atoms with Gasteiger partial charge in [-0.2, -0.15) is 0 Å². The van der Waals surface area contributed by atoms with Crippen LogP contribution in [0, 0.1) is 0 Å². The summed E-state index contributed by atoms with van der Waals surface area (Å²) < 4.78 is 34.2. The topological polar surface area (TPSA) is 77.4 Å². The Morgan fingerprint density at radius 3 is 1.46 bits per heavy atom. The van der Waals surface area contributed by atoms with Crippen LogP contribution in [0.5, 0.6) is 0 Å². The molecule has 0 bridgehead atoms. The molecule has 0 radical (unpaired) electrons. The van der Waals surface area contributed by atoms with Crippen LogP contribution in [0.2, 0.25) is 0 Å². The fourth-order valence-electron chi connectivity index (χ4n) is 3.68. The first kappa shape index (κ1) is 31.1. The average Bonchev–Trinajstić information content (AvgIpc) is 2.60. The van der Waals surface area contributed by atoms with Gasteiger partial charge in [-0.1, -0.05) is 104 Å². The van der Waals surface area contributed by atoms with E-state index in [0.717, 1.165) is 25.7 Å². The summed E-state index contributed by atoms with van der Waals surface area (Å²) in [7, 11) is -4.25. The Morgan fingerprint density at radius 1 is 0.643 bits per heavy atom.